The maximum Gasteiger partial charge on any atom is 0.330 e. The van der Waals surface area contributed by atoms with E-state index < -0.39 is 5.54 Å². The van der Waals surface area contributed by atoms with E-state index in [1.807, 2.05) is 107 Å². The van der Waals surface area contributed by atoms with Crippen molar-refractivity contribution in [3.63, 3.8) is 0 Å². The average molecular weight is 761 g/mol. The lowest BCUT2D eigenvalue weighted by molar-refractivity contribution is -0.142. The highest BCUT2D eigenvalue weighted by atomic mass is 16.5. The van der Waals surface area contributed by atoms with E-state index in [2.05, 4.69) is 46.3 Å². The molecule has 0 radical (unpaired) electrons. The topological polar surface area (TPSA) is 101 Å². The number of allylic oxidation sites excluding steroid dienone is 2. The van der Waals surface area contributed by atoms with Crippen LogP contribution in [0, 0.1) is 11.8 Å². The molecule has 0 unspecified atom stereocenters. The largest absolute Gasteiger partial charge is 0.458 e. The van der Waals surface area contributed by atoms with Gasteiger partial charge in [-0.15, -0.1) is 0 Å². The predicted molar refractivity (Wildman–Crippen MR) is 240 cm³/mol. The number of amides is 3. The van der Waals surface area contributed by atoms with Gasteiger partial charge in [-0.3, -0.25) is 24.1 Å². The molecule has 0 bridgehead atoms. The van der Waals surface area contributed by atoms with Crippen molar-refractivity contribution < 1.29 is 28.7 Å². The molecule has 0 saturated heterocycles. The molecule has 1 aliphatic carbocycles. The van der Waals surface area contributed by atoms with Crippen molar-refractivity contribution in [2.75, 3.05) is 13.2 Å². The van der Waals surface area contributed by atoms with Crippen molar-refractivity contribution >= 4 is 29.5 Å². The van der Waals surface area contributed by atoms with Crippen LogP contribution in [-0.4, -0.2) is 64.0 Å². The zero-order valence-corrected chi connectivity index (χ0v) is 34.5. The minimum Gasteiger partial charge on any atom is -0.458 e. The highest BCUT2D eigenvalue weighted by Gasteiger charge is 2.33. The van der Waals surface area contributed by atoms with Gasteiger partial charge in [-0.1, -0.05) is 146 Å². The number of nitrogens with zero attached hydrogens (tertiary/aromatic N) is 2. The van der Waals surface area contributed by atoms with Gasteiger partial charge in [0.2, 0.25) is 5.91 Å². The number of carbonyl (C=O) groups is 5. The first kappa shape index (κ1) is 78.7. The third-order valence-corrected chi connectivity index (χ3v) is 4.39. The van der Waals surface area contributed by atoms with Gasteiger partial charge in [0.15, 0.2) is 5.78 Å². The van der Waals surface area contributed by atoms with E-state index in [-0.39, 0.29) is 66.6 Å². The standard InChI is InChI=1S/C8H11NO2.C7H11NO.C5H6O.C4H4O2.2C4H10.4C2H6.5CH4/c1-8(2,3)9-6(10)4-5-7(9)11;1-6(2)8-5-3-4-7(8)9;6-5-3-1-2-4-5;5-4-2-1-3-6-4;2*1-4(2)3;4*1-2;;;;;/h4-5H,1-3H3;3-4,6H,5H2,1-2H3;1,3H,2,4H2;1-2H,3H2;2*4H,1-3H3;4*1-2H3;5*1H4. The molecule has 53 heavy (non-hydrogen) atoms. The van der Waals surface area contributed by atoms with Crippen molar-refractivity contribution in [1.82, 2.24) is 9.80 Å². The summed E-state index contributed by atoms with van der Waals surface area (Å²) >= 11 is 0. The van der Waals surface area contributed by atoms with Crippen LogP contribution in [0.3, 0.4) is 0 Å². The van der Waals surface area contributed by atoms with E-state index >= 15 is 0 Å². The zero-order chi connectivity index (χ0) is 39.5. The van der Waals surface area contributed by atoms with Crippen molar-refractivity contribution in [2.24, 2.45) is 11.8 Å². The molecule has 0 saturated carbocycles. The maximum atomic E-state index is 11.0. The first-order chi connectivity index (χ1) is 22.4. The summed E-state index contributed by atoms with van der Waals surface area (Å²) in [5, 5.41) is 0. The van der Waals surface area contributed by atoms with Crippen LogP contribution in [0.1, 0.15) is 182 Å². The monoisotopic (exact) mass is 761 g/mol. The molecule has 8 nitrogen and oxygen atoms in total. The van der Waals surface area contributed by atoms with Crippen molar-refractivity contribution in [3.05, 3.63) is 48.6 Å². The Hall–Kier alpha value is -3.29. The minimum atomic E-state index is -0.405. The molecule has 0 atom stereocenters. The van der Waals surface area contributed by atoms with Crippen LogP contribution >= 0.6 is 0 Å². The molecular weight excluding hydrogens is 665 g/mol. The molecule has 3 heterocycles. The van der Waals surface area contributed by atoms with Crippen LogP contribution in [0.15, 0.2) is 48.6 Å². The number of ketones is 1. The SMILES string of the molecule is C.C.C.C.C.CC.CC.CC.CC.CC(C)(C)N1C(=O)C=CC1=O.CC(C)C.CC(C)C.CC(C)N1CC=CC1=O.O=C1C=CCC1.O=C1C=CCO1. The highest BCUT2D eigenvalue weighted by Crippen LogP contribution is 2.18. The molecule has 0 N–H and O–H groups in total. The second kappa shape index (κ2) is 53.1. The predicted octanol–water partition coefficient (Wildman–Crippen LogP) is 13.1. The van der Waals surface area contributed by atoms with Crippen LogP contribution in [-0.2, 0) is 28.7 Å². The molecule has 8 heteroatoms. The molecule has 4 aliphatic rings. The fourth-order valence-corrected chi connectivity index (χ4v) is 2.83. The molecule has 0 aromatic heterocycles. The summed E-state index contributed by atoms with van der Waals surface area (Å²) in [6.45, 7) is 39.8. The van der Waals surface area contributed by atoms with E-state index in [9.17, 15) is 24.0 Å². The number of rotatable bonds is 1. The number of ether oxygens (including phenoxy) is 1. The summed E-state index contributed by atoms with van der Waals surface area (Å²) in [7, 11) is 0. The molecule has 4 rings (SSSR count). The molecule has 3 amide bonds. The van der Waals surface area contributed by atoms with E-state index in [1.54, 1.807) is 18.2 Å². The van der Waals surface area contributed by atoms with Crippen LogP contribution in [0.25, 0.3) is 0 Å². The van der Waals surface area contributed by atoms with Crippen LogP contribution in [0.2, 0.25) is 0 Å². The summed E-state index contributed by atoms with van der Waals surface area (Å²) in [5.41, 5.74) is -0.405. The number of imide groups is 1. The maximum absolute atomic E-state index is 11.0. The van der Waals surface area contributed by atoms with Gasteiger partial charge in [0, 0.05) is 48.9 Å². The lowest BCUT2D eigenvalue weighted by Gasteiger charge is -2.29. The van der Waals surface area contributed by atoms with Crippen molar-refractivity contribution in [3.8, 4) is 0 Å². The molecule has 0 aromatic rings. The normalized spacial score (nSPS) is 13.0. The van der Waals surface area contributed by atoms with Gasteiger partial charge in [0.05, 0.1) is 0 Å². The second-order valence-electron chi connectivity index (χ2n) is 11.9. The van der Waals surface area contributed by atoms with Gasteiger partial charge in [-0.05, 0) is 65.0 Å². The van der Waals surface area contributed by atoms with E-state index in [0.29, 0.717) is 12.6 Å². The Kier molecular flexibility index (Phi) is 78.8. The lowest BCUT2D eigenvalue weighted by Crippen LogP contribution is -2.45. The molecule has 0 aromatic carbocycles. The first-order valence-corrected chi connectivity index (χ1v) is 18.0. The number of cyclic esters (lactones) is 1. The third-order valence-electron chi connectivity index (χ3n) is 4.39. The summed E-state index contributed by atoms with van der Waals surface area (Å²) in [6, 6.07) is 0.340. The zero-order valence-electron chi connectivity index (χ0n) is 34.5. The summed E-state index contributed by atoms with van der Waals surface area (Å²) in [5.74, 6) is 1.42. The Morgan fingerprint density at radius 2 is 0.925 bits per heavy atom. The first-order valence-electron chi connectivity index (χ1n) is 18.0. The Balaban J connectivity index is -0.0000000431. The van der Waals surface area contributed by atoms with E-state index in [4.69, 9.17) is 0 Å². The Bertz CT molecular complexity index is 882. The fourth-order valence-electron chi connectivity index (χ4n) is 2.83. The second-order valence-corrected chi connectivity index (χ2v) is 11.9. The molecular formula is C45H96N2O6. The van der Waals surface area contributed by atoms with Gasteiger partial charge >= 0.3 is 5.97 Å². The fraction of sp³-hybridized carbons (Fsp3) is 0.711. The van der Waals surface area contributed by atoms with Crippen molar-refractivity contribution in [1.29, 1.82) is 0 Å². The summed E-state index contributed by atoms with van der Waals surface area (Å²) in [4.78, 5) is 56.1. The summed E-state index contributed by atoms with van der Waals surface area (Å²) < 4.78 is 4.40. The quantitative estimate of drug-likeness (QED) is 0.195. The summed E-state index contributed by atoms with van der Waals surface area (Å²) in [6.07, 6.45) is 14.5. The lowest BCUT2D eigenvalue weighted by atomic mass is 10.1. The third kappa shape index (κ3) is 55.6. The van der Waals surface area contributed by atoms with Gasteiger partial charge in [0.1, 0.15) is 6.61 Å². The number of hydrogen-bond donors (Lipinski definition) is 0. The molecule has 322 valence electrons. The van der Waals surface area contributed by atoms with Crippen LogP contribution in [0.5, 0.6) is 0 Å². The molecule has 0 spiro atoms. The number of esters is 1. The molecule has 0 fully saturated rings. The Morgan fingerprint density at radius 1 is 0.547 bits per heavy atom. The number of hydrogen-bond acceptors (Lipinski definition) is 6. The van der Waals surface area contributed by atoms with Crippen LogP contribution < -0.4 is 0 Å². The average Bonchev–Trinajstić information content (AvgIpc) is 3.84. The van der Waals surface area contributed by atoms with Gasteiger partial charge in [-0.25, -0.2) is 4.79 Å². The minimum absolute atomic E-state index is 0. The highest BCUT2D eigenvalue weighted by molar-refractivity contribution is 6.13. The van der Waals surface area contributed by atoms with Gasteiger partial charge < -0.3 is 9.64 Å². The van der Waals surface area contributed by atoms with Crippen molar-refractivity contribution in [2.45, 2.75) is 193 Å². The molecule has 3 aliphatic heterocycles. The Morgan fingerprint density at radius 3 is 1.04 bits per heavy atom. The Labute approximate surface area is 334 Å². The van der Waals surface area contributed by atoms with Gasteiger partial charge in [0.25, 0.3) is 11.8 Å². The van der Waals surface area contributed by atoms with E-state index in [1.165, 1.54) is 23.1 Å². The number of carbonyl (C=O) groups excluding carboxylic acids is 5. The van der Waals surface area contributed by atoms with Crippen LogP contribution in [0.4, 0.5) is 0 Å². The van der Waals surface area contributed by atoms with E-state index in [0.717, 1.165) is 31.2 Å². The smallest absolute Gasteiger partial charge is 0.330 e. The van der Waals surface area contributed by atoms with Gasteiger partial charge in [-0.2, -0.15) is 0 Å².